The van der Waals surface area contributed by atoms with Crippen LogP contribution in [0.15, 0.2) is 24.4 Å². The molecule has 10 nitrogen and oxygen atoms in total. The molecule has 2 aliphatic rings. The number of amides is 2. The lowest BCUT2D eigenvalue weighted by Crippen LogP contribution is -2.48. The van der Waals surface area contributed by atoms with Crippen LogP contribution >= 0.6 is 0 Å². The summed E-state index contributed by atoms with van der Waals surface area (Å²) in [6, 6.07) is 5.44. The van der Waals surface area contributed by atoms with Gasteiger partial charge in [-0.15, -0.1) is 0 Å². The Morgan fingerprint density at radius 1 is 1.26 bits per heavy atom. The number of benzene rings is 1. The molecule has 182 valence electrons. The number of methoxy groups -OCH3 is 1. The van der Waals surface area contributed by atoms with Crippen molar-refractivity contribution in [2.75, 3.05) is 49.0 Å². The smallest absolute Gasteiger partial charge is 0.251 e. The van der Waals surface area contributed by atoms with Gasteiger partial charge in [-0.05, 0) is 43.9 Å². The van der Waals surface area contributed by atoms with Crippen LogP contribution in [0.25, 0.3) is 0 Å². The number of unbranched alkanes of at least 4 members (excludes halogenated alkanes) is 1. The van der Waals surface area contributed by atoms with Gasteiger partial charge in [-0.3, -0.25) is 9.59 Å². The van der Waals surface area contributed by atoms with Gasteiger partial charge >= 0.3 is 0 Å². The molecule has 0 radical (unpaired) electrons. The first-order chi connectivity index (χ1) is 16.5. The second-order valence-electron chi connectivity index (χ2n) is 8.65. The first-order valence-corrected chi connectivity index (χ1v) is 11.8. The van der Waals surface area contributed by atoms with E-state index in [1.165, 1.54) is 0 Å². The number of nitrogens with zero attached hydrogens (tertiary/aromatic N) is 4. The zero-order chi connectivity index (χ0) is 24.1. The first kappa shape index (κ1) is 23.7. The Kier molecular flexibility index (Phi) is 7.46. The minimum atomic E-state index is -0.201. The summed E-state index contributed by atoms with van der Waals surface area (Å²) >= 11 is 0. The van der Waals surface area contributed by atoms with Crippen molar-refractivity contribution in [3.8, 4) is 5.75 Å². The average molecular weight is 469 g/mol. The van der Waals surface area contributed by atoms with E-state index in [2.05, 4.69) is 20.5 Å². The number of nitrogens with one attached hydrogen (secondary N) is 2. The number of aliphatic hydroxyl groups excluding tert-OH is 1. The van der Waals surface area contributed by atoms with E-state index >= 15 is 0 Å². The van der Waals surface area contributed by atoms with Crippen molar-refractivity contribution in [2.24, 2.45) is 0 Å². The Balaban J connectivity index is 1.54. The summed E-state index contributed by atoms with van der Waals surface area (Å²) in [6.07, 6.45) is 7.47. The highest BCUT2D eigenvalue weighted by atomic mass is 16.5. The summed E-state index contributed by atoms with van der Waals surface area (Å²) in [7, 11) is 3.29. The van der Waals surface area contributed by atoms with Crippen LogP contribution in [0.1, 0.15) is 48.9 Å². The van der Waals surface area contributed by atoms with Crippen LogP contribution in [0.3, 0.4) is 0 Å². The Hall–Kier alpha value is -3.40. The number of likely N-dealkylation sites (N-methyl/N-ethyl adjacent to an activating group) is 1. The van der Waals surface area contributed by atoms with Crippen LogP contribution < -0.4 is 25.2 Å². The molecule has 1 aliphatic carbocycles. The molecule has 34 heavy (non-hydrogen) atoms. The Bertz CT molecular complexity index is 1040. The summed E-state index contributed by atoms with van der Waals surface area (Å²) in [5.41, 5.74) is 1.81. The Morgan fingerprint density at radius 3 is 2.79 bits per heavy atom. The molecule has 3 N–H and O–H groups in total. The molecule has 2 amide bonds. The highest BCUT2D eigenvalue weighted by Gasteiger charge is 2.34. The molecule has 1 fully saturated rings. The molecule has 1 aliphatic heterocycles. The monoisotopic (exact) mass is 468 g/mol. The molecule has 1 aromatic carbocycles. The SMILES string of the molecule is COc1cc(C(=O)NCCCCO)ccc1Nc1ncc2c(n1)N(C1CCCC1)CC(=O)N2C. The number of aliphatic hydroxyl groups is 1. The van der Waals surface area contributed by atoms with Crippen LogP contribution in [0.4, 0.5) is 23.1 Å². The van der Waals surface area contributed by atoms with Crippen molar-refractivity contribution in [1.29, 1.82) is 0 Å². The van der Waals surface area contributed by atoms with E-state index in [1.54, 1.807) is 43.5 Å². The normalized spacial score (nSPS) is 15.9. The quantitative estimate of drug-likeness (QED) is 0.480. The van der Waals surface area contributed by atoms with Crippen molar-refractivity contribution in [3.63, 3.8) is 0 Å². The van der Waals surface area contributed by atoms with Gasteiger partial charge in [-0.2, -0.15) is 4.98 Å². The lowest BCUT2D eigenvalue weighted by atomic mass is 10.1. The molecule has 2 heterocycles. The van der Waals surface area contributed by atoms with Crippen LogP contribution in [-0.2, 0) is 4.79 Å². The summed E-state index contributed by atoms with van der Waals surface area (Å²) < 4.78 is 5.50. The number of aromatic nitrogens is 2. The van der Waals surface area contributed by atoms with Crippen LogP contribution in [0.5, 0.6) is 5.75 Å². The molecular formula is C24H32N6O4. The number of fused-ring (bicyclic) bond motifs is 1. The maximum Gasteiger partial charge on any atom is 0.251 e. The van der Waals surface area contributed by atoms with E-state index in [0.717, 1.165) is 31.5 Å². The van der Waals surface area contributed by atoms with Gasteiger partial charge in [0, 0.05) is 31.8 Å². The number of ether oxygens (including phenoxy) is 1. The van der Waals surface area contributed by atoms with E-state index < -0.39 is 0 Å². The number of anilines is 4. The van der Waals surface area contributed by atoms with Crippen LogP contribution in [0, 0.1) is 0 Å². The topological polar surface area (TPSA) is 120 Å². The standard InChI is InChI=1S/C24H32N6O4/c1-29-19-14-26-24(28-22(19)30(15-21(29)32)17-7-3-4-8-17)27-18-10-9-16(13-20(18)34-2)23(33)25-11-5-6-12-31/h9-10,13-14,17,31H,3-8,11-12,15H2,1-2H3,(H,25,33)(H,26,27,28). The van der Waals surface area contributed by atoms with Gasteiger partial charge in [0.1, 0.15) is 11.4 Å². The average Bonchev–Trinajstić information content (AvgIpc) is 3.39. The van der Waals surface area contributed by atoms with Gasteiger partial charge in [0.05, 0.1) is 25.5 Å². The minimum Gasteiger partial charge on any atom is -0.495 e. The predicted molar refractivity (Wildman–Crippen MR) is 130 cm³/mol. The van der Waals surface area contributed by atoms with Crippen molar-refractivity contribution < 1.29 is 19.4 Å². The van der Waals surface area contributed by atoms with Gasteiger partial charge in [0.15, 0.2) is 5.82 Å². The molecule has 2 aromatic rings. The second-order valence-corrected chi connectivity index (χ2v) is 8.65. The van der Waals surface area contributed by atoms with Crippen molar-refractivity contribution >= 4 is 35.0 Å². The fraction of sp³-hybridized carbons (Fsp3) is 0.500. The maximum atomic E-state index is 12.5. The summed E-state index contributed by atoms with van der Waals surface area (Å²) in [6.45, 7) is 0.926. The molecule has 1 aromatic heterocycles. The zero-order valence-electron chi connectivity index (χ0n) is 19.7. The largest absolute Gasteiger partial charge is 0.495 e. The predicted octanol–water partition coefficient (Wildman–Crippen LogP) is 2.46. The second kappa shape index (κ2) is 10.7. The summed E-state index contributed by atoms with van der Waals surface area (Å²) in [5, 5.41) is 14.9. The van der Waals surface area contributed by atoms with E-state index in [0.29, 0.717) is 60.6 Å². The van der Waals surface area contributed by atoms with E-state index in [4.69, 9.17) is 14.8 Å². The lowest BCUT2D eigenvalue weighted by molar-refractivity contribution is -0.117. The van der Waals surface area contributed by atoms with Gasteiger partial charge in [0.25, 0.3) is 5.91 Å². The van der Waals surface area contributed by atoms with Gasteiger partial charge in [-0.25, -0.2) is 4.98 Å². The third-order valence-corrected chi connectivity index (χ3v) is 6.41. The van der Waals surface area contributed by atoms with Crippen LogP contribution in [0.2, 0.25) is 0 Å². The van der Waals surface area contributed by atoms with Gasteiger partial charge < -0.3 is 30.3 Å². The molecular weight excluding hydrogens is 436 g/mol. The number of carbonyl (C=O) groups excluding carboxylic acids is 2. The fourth-order valence-corrected chi connectivity index (χ4v) is 4.45. The Morgan fingerprint density at radius 2 is 2.06 bits per heavy atom. The third-order valence-electron chi connectivity index (χ3n) is 6.41. The number of rotatable bonds is 9. The minimum absolute atomic E-state index is 0.0376. The number of hydrogen-bond donors (Lipinski definition) is 3. The van der Waals surface area contributed by atoms with E-state index in [9.17, 15) is 9.59 Å². The molecule has 0 unspecified atom stereocenters. The van der Waals surface area contributed by atoms with E-state index in [-0.39, 0.29) is 18.4 Å². The molecule has 0 bridgehead atoms. The maximum absolute atomic E-state index is 12.5. The van der Waals surface area contributed by atoms with Crippen molar-refractivity contribution in [2.45, 2.75) is 44.6 Å². The van der Waals surface area contributed by atoms with Gasteiger partial charge in [0.2, 0.25) is 11.9 Å². The molecule has 4 rings (SSSR count). The highest BCUT2D eigenvalue weighted by molar-refractivity contribution is 6.02. The summed E-state index contributed by atoms with van der Waals surface area (Å²) in [4.78, 5) is 37.8. The molecule has 1 saturated carbocycles. The summed E-state index contributed by atoms with van der Waals surface area (Å²) in [5.74, 6) is 1.47. The van der Waals surface area contributed by atoms with Crippen molar-refractivity contribution in [3.05, 3.63) is 30.0 Å². The Labute approximate surface area is 199 Å². The van der Waals surface area contributed by atoms with E-state index in [1.807, 2.05) is 0 Å². The highest BCUT2D eigenvalue weighted by Crippen LogP contribution is 2.37. The number of hydrogen-bond acceptors (Lipinski definition) is 8. The van der Waals surface area contributed by atoms with Crippen LogP contribution in [-0.4, -0.2) is 66.8 Å². The lowest BCUT2D eigenvalue weighted by Gasteiger charge is -2.37. The first-order valence-electron chi connectivity index (χ1n) is 11.8. The number of carbonyl (C=O) groups is 2. The fourth-order valence-electron chi connectivity index (χ4n) is 4.45. The molecule has 0 spiro atoms. The zero-order valence-corrected chi connectivity index (χ0v) is 19.7. The van der Waals surface area contributed by atoms with Gasteiger partial charge in [-0.1, -0.05) is 12.8 Å². The molecule has 0 atom stereocenters. The third kappa shape index (κ3) is 5.06. The molecule has 0 saturated heterocycles. The molecule has 10 heteroatoms. The van der Waals surface area contributed by atoms with Crippen molar-refractivity contribution in [1.82, 2.24) is 15.3 Å².